The van der Waals surface area contributed by atoms with Gasteiger partial charge in [0.1, 0.15) is 0 Å². The number of methoxy groups -OCH3 is 1. The van der Waals surface area contributed by atoms with Crippen LogP contribution in [0.5, 0.6) is 0 Å². The minimum absolute atomic E-state index is 0.735. The van der Waals surface area contributed by atoms with Crippen molar-refractivity contribution in [2.24, 2.45) is 5.92 Å². The van der Waals surface area contributed by atoms with Crippen molar-refractivity contribution in [1.29, 1.82) is 0 Å². The van der Waals surface area contributed by atoms with Gasteiger partial charge in [0.15, 0.2) is 0 Å². The highest BCUT2D eigenvalue weighted by Crippen LogP contribution is 2.24. The van der Waals surface area contributed by atoms with Crippen LogP contribution in [0.3, 0.4) is 0 Å². The Kier molecular flexibility index (Phi) is 7.01. The van der Waals surface area contributed by atoms with Crippen LogP contribution in [-0.2, 0) is 4.74 Å². The summed E-state index contributed by atoms with van der Waals surface area (Å²) in [6, 6.07) is 0.735. The summed E-state index contributed by atoms with van der Waals surface area (Å²) in [5, 5.41) is 3.48. The lowest BCUT2D eigenvalue weighted by Crippen LogP contribution is -2.42. The van der Waals surface area contributed by atoms with Gasteiger partial charge in [-0.2, -0.15) is 0 Å². The molecule has 0 heterocycles. The first kappa shape index (κ1) is 13.9. The third kappa shape index (κ3) is 4.81. The molecule has 0 aliphatic heterocycles. The van der Waals surface area contributed by atoms with Crippen LogP contribution in [0.15, 0.2) is 0 Å². The Hall–Kier alpha value is -0.120. The standard InChI is InChI=1S/C13H28N2O/c1-14-13-8-5-4-7-12(13)11-15(2)9-6-10-16-3/h12-14H,4-11H2,1-3H3. The molecular formula is C13H28N2O. The van der Waals surface area contributed by atoms with E-state index in [-0.39, 0.29) is 0 Å². The van der Waals surface area contributed by atoms with Crippen molar-refractivity contribution < 1.29 is 4.74 Å². The predicted molar refractivity (Wildman–Crippen MR) is 68.8 cm³/mol. The van der Waals surface area contributed by atoms with Gasteiger partial charge in [-0.15, -0.1) is 0 Å². The third-order valence-corrected chi connectivity index (χ3v) is 3.71. The second-order valence-corrected chi connectivity index (χ2v) is 5.05. The molecule has 2 unspecified atom stereocenters. The van der Waals surface area contributed by atoms with Gasteiger partial charge in [-0.1, -0.05) is 12.8 Å². The topological polar surface area (TPSA) is 24.5 Å². The van der Waals surface area contributed by atoms with Crippen LogP contribution in [0.25, 0.3) is 0 Å². The molecule has 1 rings (SSSR count). The van der Waals surface area contributed by atoms with Gasteiger partial charge in [0, 0.05) is 32.8 Å². The molecular weight excluding hydrogens is 200 g/mol. The van der Waals surface area contributed by atoms with Gasteiger partial charge in [-0.25, -0.2) is 0 Å². The van der Waals surface area contributed by atoms with E-state index in [2.05, 4.69) is 24.3 Å². The quantitative estimate of drug-likeness (QED) is 0.672. The van der Waals surface area contributed by atoms with E-state index in [0.717, 1.165) is 31.5 Å². The molecule has 16 heavy (non-hydrogen) atoms. The Morgan fingerprint density at radius 1 is 1.31 bits per heavy atom. The summed E-state index contributed by atoms with van der Waals surface area (Å²) >= 11 is 0. The minimum Gasteiger partial charge on any atom is -0.385 e. The molecule has 3 nitrogen and oxygen atoms in total. The van der Waals surface area contributed by atoms with Gasteiger partial charge in [-0.05, 0) is 39.3 Å². The molecule has 1 saturated carbocycles. The SMILES string of the molecule is CNC1CCCCC1CN(C)CCCOC. The largest absolute Gasteiger partial charge is 0.385 e. The molecule has 1 aliphatic carbocycles. The number of ether oxygens (including phenoxy) is 1. The lowest BCUT2D eigenvalue weighted by atomic mass is 9.84. The Balaban J connectivity index is 2.22. The normalized spacial score (nSPS) is 26.2. The smallest absolute Gasteiger partial charge is 0.0474 e. The molecule has 0 aromatic heterocycles. The van der Waals surface area contributed by atoms with E-state index >= 15 is 0 Å². The summed E-state index contributed by atoms with van der Waals surface area (Å²) in [7, 11) is 6.11. The Labute approximate surface area is 101 Å². The molecule has 0 saturated heterocycles. The predicted octanol–water partition coefficient (Wildman–Crippen LogP) is 1.73. The maximum atomic E-state index is 5.09. The maximum absolute atomic E-state index is 5.09. The first-order valence-electron chi connectivity index (χ1n) is 6.62. The van der Waals surface area contributed by atoms with E-state index in [1.54, 1.807) is 7.11 Å². The van der Waals surface area contributed by atoms with Gasteiger partial charge in [0.05, 0.1) is 0 Å². The minimum atomic E-state index is 0.735. The van der Waals surface area contributed by atoms with Gasteiger partial charge in [0.2, 0.25) is 0 Å². The van der Waals surface area contributed by atoms with Crippen molar-refractivity contribution in [2.45, 2.75) is 38.1 Å². The number of hydrogen-bond acceptors (Lipinski definition) is 3. The first-order chi connectivity index (χ1) is 7.77. The van der Waals surface area contributed by atoms with E-state index in [9.17, 15) is 0 Å². The zero-order valence-electron chi connectivity index (χ0n) is 11.2. The van der Waals surface area contributed by atoms with Crippen LogP contribution in [0.4, 0.5) is 0 Å². The number of nitrogens with zero attached hydrogens (tertiary/aromatic N) is 1. The summed E-state index contributed by atoms with van der Waals surface area (Å²) in [5.41, 5.74) is 0. The van der Waals surface area contributed by atoms with Crippen molar-refractivity contribution in [3.63, 3.8) is 0 Å². The van der Waals surface area contributed by atoms with Crippen molar-refractivity contribution in [2.75, 3.05) is 40.9 Å². The lowest BCUT2D eigenvalue weighted by Gasteiger charge is -2.34. The molecule has 2 atom stereocenters. The fraction of sp³-hybridized carbons (Fsp3) is 1.00. The van der Waals surface area contributed by atoms with Crippen LogP contribution in [0.1, 0.15) is 32.1 Å². The van der Waals surface area contributed by atoms with E-state index in [4.69, 9.17) is 4.74 Å². The average Bonchev–Trinajstić information content (AvgIpc) is 2.30. The summed E-state index contributed by atoms with van der Waals surface area (Å²) in [4.78, 5) is 2.46. The number of hydrogen-bond donors (Lipinski definition) is 1. The summed E-state index contributed by atoms with van der Waals surface area (Å²) < 4.78 is 5.09. The van der Waals surface area contributed by atoms with E-state index in [1.807, 2.05) is 0 Å². The van der Waals surface area contributed by atoms with Crippen LogP contribution in [0.2, 0.25) is 0 Å². The molecule has 0 aromatic carbocycles. The highest BCUT2D eigenvalue weighted by molar-refractivity contribution is 4.81. The van der Waals surface area contributed by atoms with Gasteiger partial charge in [-0.3, -0.25) is 0 Å². The molecule has 0 bridgehead atoms. The van der Waals surface area contributed by atoms with Crippen molar-refractivity contribution in [1.82, 2.24) is 10.2 Å². The monoisotopic (exact) mass is 228 g/mol. The fourth-order valence-electron chi connectivity index (χ4n) is 2.78. The third-order valence-electron chi connectivity index (χ3n) is 3.71. The molecule has 1 N–H and O–H groups in total. The number of rotatable bonds is 7. The van der Waals surface area contributed by atoms with Gasteiger partial charge in [0.25, 0.3) is 0 Å². The highest BCUT2D eigenvalue weighted by Gasteiger charge is 2.24. The Morgan fingerprint density at radius 3 is 2.75 bits per heavy atom. The molecule has 1 aliphatic rings. The fourth-order valence-corrected chi connectivity index (χ4v) is 2.78. The zero-order valence-corrected chi connectivity index (χ0v) is 11.2. The second-order valence-electron chi connectivity index (χ2n) is 5.05. The summed E-state index contributed by atoms with van der Waals surface area (Å²) in [6.45, 7) is 3.26. The van der Waals surface area contributed by atoms with Gasteiger partial charge < -0.3 is 15.0 Å². The maximum Gasteiger partial charge on any atom is 0.0474 e. The van der Waals surface area contributed by atoms with Crippen molar-refractivity contribution in [3.05, 3.63) is 0 Å². The molecule has 96 valence electrons. The molecule has 1 fully saturated rings. The van der Waals surface area contributed by atoms with Crippen LogP contribution < -0.4 is 5.32 Å². The summed E-state index contributed by atoms with van der Waals surface area (Å²) in [5.74, 6) is 0.839. The van der Waals surface area contributed by atoms with E-state index in [1.165, 1.54) is 32.2 Å². The molecule has 0 spiro atoms. The molecule has 0 aromatic rings. The van der Waals surface area contributed by atoms with Crippen molar-refractivity contribution >= 4 is 0 Å². The van der Waals surface area contributed by atoms with Crippen molar-refractivity contribution in [3.8, 4) is 0 Å². The van der Waals surface area contributed by atoms with E-state index < -0.39 is 0 Å². The Bertz CT molecular complexity index is 175. The number of nitrogens with one attached hydrogen (secondary N) is 1. The molecule has 0 radical (unpaired) electrons. The second kappa shape index (κ2) is 8.04. The zero-order chi connectivity index (χ0) is 11.8. The van der Waals surface area contributed by atoms with E-state index in [0.29, 0.717) is 0 Å². The molecule has 0 amide bonds. The first-order valence-corrected chi connectivity index (χ1v) is 6.62. The lowest BCUT2D eigenvalue weighted by molar-refractivity contribution is 0.159. The summed E-state index contributed by atoms with van der Waals surface area (Å²) in [6.07, 6.45) is 6.70. The highest BCUT2D eigenvalue weighted by atomic mass is 16.5. The van der Waals surface area contributed by atoms with Crippen LogP contribution >= 0.6 is 0 Å². The Morgan fingerprint density at radius 2 is 2.06 bits per heavy atom. The van der Waals surface area contributed by atoms with Crippen LogP contribution in [-0.4, -0.2) is 51.8 Å². The van der Waals surface area contributed by atoms with Crippen LogP contribution in [0, 0.1) is 5.92 Å². The molecule has 3 heteroatoms. The van der Waals surface area contributed by atoms with Gasteiger partial charge >= 0.3 is 0 Å². The average molecular weight is 228 g/mol.